The van der Waals surface area contributed by atoms with Gasteiger partial charge in [-0.15, -0.1) is 9.81 Å². The predicted molar refractivity (Wildman–Crippen MR) is 113 cm³/mol. The van der Waals surface area contributed by atoms with Crippen molar-refractivity contribution in [1.29, 1.82) is 0 Å². The zero-order chi connectivity index (χ0) is 20.9. The summed E-state index contributed by atoms with van der Waals surface area (Å²) in [6, 6.07) is 13.1. The summed E-state index contributed by atoms with van der Waals surface area (Å²) in [6.07, 6.45) is 2.28. The minimum absolute atomic E-state index is 0.0612. The Bertz CT molecular complexity index is 843. The molecule has 0 fully saturated rings. The molecule has 2 rings (SSSR count). The molecule has 9 heteroatoms. The van der Waals surface area contributed by atoms with Gasteiger partial charge in [0, 0.05) is 31.0 Å². The van der Waals surface area contributed by atoms with Gasteiger partial charge in [-0.3, -0.25) is 4.99 Å². The molecule has 2 atom stereocenters. The zero-order valence-corrected chi connectivity index (χ0v) is 15.8. The normalized spacial score (nSPS) is 13.1. The maximum absolute atomic E-state index is 11.0. The highest BCUT2D eigenvalue weighted by atomic mass is 16.3. The molecule has 29 heavy (non-hydrogen) atoms. The van der Waals surface area contributed by atoms with Gasteiger partial charge in [-0.1, -0.05) is 41.6 Å². The SMILES string of the molecule is O=NCCC(N=Cc1ccccc1N=O)C(CCO)NCc1ccccc1N=O. The molecular weight excluding hydrogens is 374 g/mol. The Kier molecular flexibility index (Phi) is 9.40. The molecule has 0 radical (unpaired) electrons. The van der Waals surface area contributed by atoms with Crippen LogP contribution in [-0.4, -0.2) is 36.6 Å². The van der Waals surface area contributed by atoms with Crippen LogP contribution in [0.4, 0.5) is 11.4 Å². The molecule has 0 amide bonds. The van der Waals surface area contributed by atoms with E-state index in [9.17, 15) is 19.8 Å². The first kappa shape index (κ1) is 22.1. The molecule has 2 aromatic carbocycles. The van der Waals surface area contributed by atoms with E-state index in [0.29, 0.717) is 30.6 Å². The predicted octanol–water partition coefficient (Wildman–Crippen LogP) is 3.97. The number of hydrogen-bond acceptors (Lipinski definition) is 9. The second-order valence-electron chi connectivity index (χ2n) is 6.36. The van der Waals surface area contributed by atoms with Crippen LogP contribution in [0, 0.1) is 14.7 Å². The molecule has 0 saturated heterocycles. The lowest BCUT2D eigenvalue weighted by Crippen LogP contribution is -2.40. The molecule has 0 aliphatic carbocycles. The van der Waals surface area contributed by atoms with Gasteiger partial charge in [-0.2, -0.15) is 4.91 Å². The van der Waals surface area contributed by atoms with Gasteiger partial charge in [-0.05, 0) is 40.9 Å². The number of hydrogen-bond donors (Lipinski definition) is 2. The molecule has 2 aromatic rings. The Morgan fingerprint density at radius 3 is 2.31 bits per heavy atom. The number of nitrogens with zero attached hydrogens (tertiary/aromatic N) is 4. The van der Waals surface area contributed by atoms with E-state index in [1.807, 2.05) is 6.07 Å². The minimum Gasteiger partial charge on any atom is -0.396 e. The Labute approximate surface area is 168 Å². The van der Waals surface area contributed by atoms with E-state index in [0.717, 1.165) is 5.56 Å². The van der Waals surface area contributed by atoms with E-state index in [4.69, 9.17) is 0 Å². The van der Waals surface area contributed by atoms with Crippen molar-refractivity contribution in [1.82, 2.24) is 5.32 Å². The number of aliphatic hydroxyl groups excluding tert-OH is 1. The van der Waals surface area contributed by atoms with Crippen LogP contribution in [0.2, 0.25) is 0 Å². The minimum atomic E-state index is -0.379. The molecule has 152 valence electrons. The molecule has 0 bridgehead atoms. The third-order valence-corrected chi connectivity index (χ3v) is 4.51. The van der Waals surface area contributed by atoms with Crippen molar-refractivity contribution in [2.75, 3.05) is 13.2 Å². The van der Waals surface area contributed by atoms with Crippen molar-refractivity contribution in [2.45, 2.75) is 31.5 Å². The molecule has 0 spiro atoms. The van der Waals surface area contributed by atoms with Crippen LogP contribution in [0.5, 0.6) is 0 Å². The topological polar surface area (TPSA) is 133 Å². The number of nitroso groups, excluding NO2 is 3. The first-order chi connectivity index (χ1) is 14.2. The molecule has 0 aliphatic rings. The second kappa shape index (κ2) is 12.3. The Morgan fingerprint density at radius 2 is 1.62 bits per heavy atom. The number of aliphatic imine (C=N–C) groups is 1. The highest BCUT2D eigenvalue weighted by Crippen LogP contribution is 2.20. The van der Waals surface area contributed by atoms with E-state index in [-0.39, 0.29) is 30.9 Å². The zero-order valence-electron chi connectivity index (χ0n) is 15.8. The number of aliphatic hydroxyl groups is 1. The van der Waals surface area contributed by atoms with Crippen molar-refractivity contribution in [3.63, 3.8) is 0 Å². The van der Waals surface area contributed by atoms with Crippen molar-refractivity contribution in [3.8, 4) is 0 Å². The lowest BCUT2D eigenvalue weighted by molar-refractivity contribution is 0.250. The van der Waals surface area contributed by atoms with Crippen LogP contribution in [-0.2, 0) is 6.54 Å². The number of nitrogens with one attached hydrogen (secondary N) is 1. The van der Waals surface area contributed by atoms with Gasteiger partial charge in [0.2, 0.25) is 0 Å². The monoisotopic (exact) mass is 397 g/mol. The van der Waals surface area contributed by atoms with Gasteiger partial charge < -0.3 is 10.4 Å². The molecule has 0 heterocycles. The van der Waals surface area contributed by atoms with E-state index in [2.05, 4.69) is 25.8 Å². The standard InChI is InChI=1S/C20H23N5O4/c26-12-10-20(22-14-16-6-2-4-8-18(16)25-29)19(9-11-23-27)21-13-15-5-1-3-7-17(15)24-28/h1-8,13,19-20,22,26H,9-12,14H2. The molecular formula is C20H23N5O4. The summed E-state index contributed by atoms with van der Waals surface area (Å²) in [5.74, 6) is 0. The summed E-state index contributed by atoms with van der Waals surface area (Å²) in [5, 5.41) is 21.7. The first-order valence-corrected chi connectivity index (χ1v) is 9.23. The maximum Gasteiger partial charge on any atom is 0.116 e. The fourth-order valence-electron chi connectivity index (χ4n) is 2.98. The Morgan fingerprint density at radius 1 is 0.931 bits per heavy atom. The Balaban J connectivity index is 2.20. The summed E-state index contributed by atoms with van der Waals surface area (Å²) >= 11 is 0. The van der Waals surface area contributed by atoms with Crippen LogP contribution in [0.3, 0.4) is 0 Å². The number of rotatable bonds is 13. The van der Waals surface area contributed by atoms with Crippen LogP contribution < -0.4 is 5.32 Å². The third-order valence-electron chi connectivity index (χ3n) is 4.51. The van der Waals surface area contributed by atoms with E-state index in [1.54, 1.807) is 48.7 Å². The van der Waals surface area contributed by atoms with Gasteiger partial charge in [-0.25, -0.2) is 0 Å². The smallest absolute Gasteiger partial charge is 0.116 e. The van der Waals surface area contributed by atoms with Gasteiger partial charge in [0.05, 0.1) is 12.6 Å². The molecule has 2 N–H and O–H groups in total. The third kappa shape index (κ3) is 6.74. The molecule has 0 aliphatic heterocycles. The first-order valence-electron chi connectivity index (χ1n) is 9.23. The van der Waals surface area contributed by atoms with Gasteiger partial charge in [0.25, 0.3) is 0 Å². The number of benzene rings is 2. The van der Waals surface area contributed by atoms with E-state index >= 15 is 0 Å². The summed E-state index contributed by atoms with van der Waals surface area (Å²) in [5.41, 5.74) is 1.88. The van der Waals surface area contributed by atoms with Crippen LogP contribution in [0.25, 0.3) is 0 Å². The summed E-state index contributed by atoms with van der Waals surface area (Å²) in [7, 11) is 0. The summed E-state index contributed by atoms with van der Waals surface area (Å²) in [6.45, 7) is 0.323. The summed E-state index contributed by atoms with van der Waals surface area (Å²) < 4.78 is 0. The van der Waals surface area contributed by atoms with E-state index in [1.165, 1.54) is 0 Å². The lowest BCUT2D eigenvalue weighted by atomic mass is 10.0. The van der Waals surface area contributed by atoms with Crippen molar-refractivity contribution in [3.05, 3.63) is 74.4 Å². The maximum atomic E-state index is 11.0. The average molecular weight is 397 g/mol. The van der Waals surface area contributed by atoms with E-state index < -0.39 is 0 Å². The lowest BCUT2D eigenvalue weighted by Gasteiger charge is -2.24. The fraction of sp³-hybridized carbons (Fsp3) is 0.350. The molecule has 2 unspecified atom stereocenters. The average Bonchev–Trinajstić information content (AvgIpc) is 2.77. The second-order valence-corrected chi connectivity index (χ2v) is 6.36. The quantitative estimate of drug-likeness (QED) is 0.390. The largest absolute Gasteiger partial charge is 0.396 e. The van der Waals surface area contributed by atoms with Crippen LogP contribution >= 0.6 is 0 Å². The molecule has 9 nitrogen and oxygen atoms in total. The molecule has 0 aromatic heterocycles. The highest BCUT2D eigenvalue weighted by molar-refractivity contribution is 5.86. The summed E-state index contributed by atoms with van der Waals surface area (Å²) in [4.78, 5) is 37.1. The highest BCUT2D eigenvalue weighted by Gasteiger charge is 2.20. The van der Waals surface area contributed by atoms with Crippen molar-refractivity contribution < 1.29 is 5.11 Å². The van der Waals surface area contributed by atoms with Crippen LogP contribution in [0.15, 0.2) is 69.1 Å². The Hall–Kier alpha value is -3.17. The van der Waals surface area contributed by atoms with Crippen molar-refractivity contribution in [2.24, 2.45) is 20.5 Å². The molecule has 0 saturated carbocycles. The van der Waals surface area contributed by atoms with Crippen molar-refractivity contribution >= 4 is 17.6 Å². The fourth-order valence-corrected chi connectivity index (χ4v) is 2.98. The van der Waals surface area contributed by atoms with Gasteiger partial charge in [0.15, 0.2) is 0 Å². The van der Waals surface area contributed by atoms with Gasteiger partial charge >= 0.3 is 0 Å². The van der Waals surface area contributed by atoms with Crippen LogP contribution in [0.1, 0.15) is 24.0 Å². The van der Waals surface area contributed by atoms with Gasteiger partial charge in [0.1, 0.15) is 11.4 Å².